The van der Waals surface area contributed by atoms with Gasteiger partial charge in [-0.2, -0.15) is 0 Å². The average Bonchev–Trinajstić information content (AvgIpc) is 2.46. The van der Waals surface area contributed by atoms with Crippen molar-refractivity contribution < 1.29 is 23.5 Å². The van der Waals surface area contributed by atoms with E-state index in [9.17, 15) is 14.0 Å². The first-order valence-corrected chi connectivity index (χ1v) is 7.94. The molecule has 0 aliphatic heterocycles. The van der Waals surface area contributed by atoms with Crippen LogP contribution in [0.4, 0.5) is 4.39 Å². The van der Waals surface area contributed by atoms with Gasteiger partial charge in [0.2, 0.25) is 0 Å². The predicted molar refractivity (Wildman–Crippen MR) is 85.8 cm³/mol. The Hall–Kier alpha value is -1.62. The first kappa shape index (κ1) is 19.4. The van der Waals surface area contributed by atoms with Crippen molar-refractivity contribution in [1.82, 2.24) is 0 Å². The molecule has 0 heterocycles. The molecule has 0 fully saturated rings. The van der Waals surface area contributed by atoms with Crippen LogP contribution in [0.15, 0.2) is 18.2 Å². The summed E-state index contributed by atoms with van der Waals surface area (Å²) in [6.45, 7) is 7.86. The van der Waals surface area contributed by atoms with E-state index in [0.29, 0.717) is 0 Å². The highest BCUT2D eigenvalue weighted by Crippen LogP contribution is 2.27. The fourth-order valence-electron chi connectivity index (χ4n) is 2.20. The van der Waals surface area contributed by atoms with Crippen molar-refractivity contribution in [3.8, 4) is 5.75 Å². The van der Waals surface area contributed by atoms with E-state index in [1.54, 1.807) is 0 Å². The molecular formula is C17H22ClFO4. The summed E-state index contributed by atoms with van der Waals surface area (Å²) in [7, 11) is 0. The van der Waals surface area contributed by atoms with E-state index in [0.717, 1.165) is 6.07 Å². The molecule has 4 nitrogen and oxygen atoms in total. The number of ether oxygens (including phenoxy) is 2. The summed E-state index contributed by atoms with van der Waals surface area (Å²) in [6.07, 6.45) is -0.535. The van der Waals surface area contributed by atoms with Crippen molar-refractivity contribution in [3.05, 3.63) is 29.0 Å². The van der Waals surface area contributed by atoms with Crippen molar-refractivity contribution in [3.63, 3.8) is 0 Å². The van der Waals surface area contributed by atoms with Gasteiger partial charge in [-0.15, -0.1) is 0 Å². The standard InChI is InChI=1S/C17H22ClFO4/c1-10(2)16(11(3)4)22-14(20)8-9-15(21)23-17-12(18)6-5-7-13(17)19/h5-7,10-11,16H,8-9H2,1-4H3. The summed E-state index contributed by atoms with van der Waals surface area (Å²) < 4.78 is 23.8. The molecule has 6 heteroatoms. The lowest BCUT2D eigenvalue weighted by molar-refractivity contribution is -0.155. The molecule has 0 atom stereocenters. The first-order chi connectivity index (χ1) is 10.7. The van der Waals surface area contributed by atoms with E-state index in [-0.39, 0.29) is 41.6 Å². The molecule has 0 unspecified atom stereocenters. The van der Waals surface area contributed by atoms with Gasteiger partial charge >= 0.3 is 11.9 Å². The lowest BCUT2D eigenvalue weighted by Gasteiger charge is -2.24. The van der Waals surface area contributed by atoms with E-state index >= 15 is 0 Å². The third-order valence-corrected chi connectivity index (χ3v) is 3.55. The molecule has 1 aromatic carbocycles. The number of rotatable bonds is 7. The maximum atomic E-state index is 13.5. The minimum atomic E-state index is -0.736. The van der Waals surface area contributed by atoms with Crippen molar-refractivity contribution in [2.75, 3.05) is 0 Å². The Kier molecular flexibility index (Phi) is 7.49. The Labute approximate surface area is 140 Å². The van der Waals surface area contributed by atoms with E-state index in [1.807, 2.05) is 27.7 Å². The molecule has 1 aromatic rings. The van der Waals surface area contributed by atoms with Gasteiger partial charge in [0.25, 0.3) is 0 Å². The predicted octanol–water partition coefficient (Wildman–Crippen LogP) is 4.39. The van der Waals surface area contributed by atoms with Crippen molar-refractivity contribution in [2.45, 2.75) is 46.6 Å². The van der Waals surface area contributed by atoms with Crippen molar-refractivity contribution >= 4 is 23.5 Å². The normalized spacial score (nSPS) is 11.2. The monoisotopic (exact) mass is 344 g/mol. The smallest absolute Gasteiger partial charge is 0.311 e. The number of benzene rings is 1. The summed E-state index contributed by atoms with van der Waals surface area (Å²) in [4.78, 5) is 23.5. The van der Waals surface area contributed by atoms with Crippen molar-refractivity contribution in [2.24, 2.45) is 11.8 Å². The first-order valence-electron chi connectivity index (χ1n) is 7.56. The molecule has 1 rings (SSSR count). The summed E-state index contributed by atoms with van der Waals surface area (Å²) >= 11 is 5.77. The molecular weight excluding hydrogens is 323 g/mol. The third kappa shape index (κ3) is 6.18. The summed E-state index contributed by atoms with van der Waals surface area (Å²) in [5.41, 5.74) is 0. The third-order valence-electron chi connectivity index (χ3n) is 3.25. The van der Waals surface area contributed by atoms with Gasteiger partial charge in [-0.3, -0.25) is 9.59 Å². The van der Waals surface area contributed by atoms with Gasteiger partial charge in [0, 0.05) is 0 Å². The summed E-state index contributed by atoms with van der Waals surface area (Å²) in [6, 6.07) is 3.96. The molecule has 0 amide bonds. The second-order valence-electron chi connectivity index (χ2n) is 5.97. The van der Waals surface area contributed by atoms with E-state index in [4.69, 9.17) is 21.1 Å². The SMILES string of the molecule is CC(C)C(OC(=O)CCC(=O)Oc1c(F)cccc1Cl)C(C)C. The molecule has 0 N–H and O–H groups in total. The number of hydrogen-bond acceptors (Lipinski definition) is 4. The number of para-hydroxylation sites is 1. The van der Waals surface area contributed by atoms with E-state index < -0.39 is 17.8 Å². The molecule has 0 aliphatic carbocycles. The quantitative estimate of drug-likeness (QED) is 0.543. The molecule has 128 valence electrons. The van der Waals surface area contributed by atoms with Crippen LogP contribution in [-0.4, -0.2) is 18.0 Å². The Morgan fingerprint density at radius 3 is 2.17 bits per heavy atom. The number of esters is 2. The highest BCUT2D eigenvalue weighted by molar-refractivity contribution is 6.32. The number of carbonyl (C=O) groups excluding carboxylic acids is 2. The molecule has 0 saturated heterocycles. The van der Waals surface area contributed by atoms with E-state index in [1.165, 1.54) is 12.1 Å². The summed E-state index contributed by atoms with van der Waals surface area (Å²) in [5.74, 6) is -1.90. The number of carbonyl (C=O) groups is 2. The largest absolute Gasteiger partial charge is 0.462 e. The van der Waals surface area contributed by atoms with Gasteiger partial charge in [0.1, 0.15) is 6.10 Å². The lowest BCUT2D eigenvalue weighted by atomic mass is 9.96. The zero-order chi connectivity index (χ0) is 17.6. The molecule has 23 heavy (non-hydrogen) atoms. The van der Waals surface area contributed by atoms with Crippen LogP contribution in [0.3, 0.4) is 0 Å². The maximum absolute atomic E-state index is 13.5. The second-order valence-corrected chi connectivity index (χ2v) is 6.37. The lowest BCUT2D eigenvalue weighted by Crippen LogP contribution is -2.29. The molecule has 0 spiro atoms. The minimum absolute atomic E-state index is 0.000561. The fourth-order valence-corrected chi connectivity index (χ4v) is 2.40. The Balaban J connectivity index is 2.51. The van der Waals surface area contributed by atoms with Crippen molar-refractivity contribution in [1.29, 1.82) is 0 Å². The minimum Gasteiger partial charge on any atom is -0.462 e. The van der Waals surface area contributed by atoms with Crippen LogP contribution >= 0.6 is 11.6 Å². The summed E-state index contributed by atoms with van der Waals surface area (Å²) in [5, 5.41) is 0.000561. The molecule has 0 aromatic heterocycles. The van der Waals surface area contributed by atoms with Crippen LogP contribution in [0.2, 0.25) is 5.02 Å². The zero-order valence-corrected chi connectivity index (χ0v) is 14.5. The fraction of sp³-hybridized carbons (Fsp3) is 0.529. The van der Waals surface area contributed by atoms with E-state index in [2.05, 4.69) is 0 Å². The topological polar surface area (TPSA) is 52.6 Å². The van der Waals surface area contributed by atoms with Gasteiger partial charge in [0.05, 0.1) is 17.9 Å². The van der Waals surface area contributed by atoms with Crippen LogP contribution < -0.4 is 4.74 Å². The highest BCUT2D eigenvalue weighted by atomic mass is 35.5. The Morgan fingerprint density at radius 1 is 1.09 bits per heavy atom. The van der Waals surface area contributed by atoms with Gasteiger partial charge in [-0.25, -0.2) is 4.39 Å². The highest BCUT2D eigenvalue weighted by Gasteiger charge is 2.22. The Bertz CT molecular complexity index is 529. The average molecular weight is 345 g/mol. The molecule has 0 bridgehead atoms. The molecule has 0 aliphatic rings. The molecule has 0 saturated carbocycles. The maximum Gasteiger partial charge on any atom is 0.311 e. The molecule has 0 radical (unpaired) electrons. The number of halogens is 2. The van der Waals surface area contributed by atoms with Crippen LogP contribution in [0.25, 0.3) is 0 Å². The van der Waals surface area contributed by atoms with Gasteiger partial charge in [-0.05, 0) is 24.0 Å². The van der Waals surface area contributed by atoms with Gasteiger partial charge < -0.3 is 9.47 Å². The Morgan fingerprint density at radius 2 is 1.65 bits per heavy atom. The van der Waals surface area contributed by atoms with Crippen LogP contribution in [0.5, 0.6) is 5.75 Å². The van der Waals surface area contributed by atoms with Crippen LogP contribution in [0.1, 0.15) is 40.5 Å². The van der Waals surface area contributed by atoms with Crippen LogP contribution in [-0.2, 0) is 14.3 Å². The number of hydrogen-bond donors (Lipinski definition) is 0. The van der Waals surface area contributed by atoms with Gasteiger partial charge in [0.15, 0.2) is 11.6 Å². The van der Waals surface area contributed by atoms with Gasteiger partial charge in [-0.1, -0.05) is 45.4 Å². The van der Waals surface area contributed by atoms with Crippen LogP contribution in [0, 0.1) is 17.7 Å². The second kappa shape index (κ2) is 8.87. The zero-order valence-electron chi connectivity index (χ0n) is 13.8.